The van der Waals surface area contributed by atoms with Crippen molar-refractivity contribution in [2.75, 3.05) is 19.8 Å². The van der Waals surface area contributed by atoms with Crippen molar-refractivity contribution in [2.24, 2.45) is 0 Å². The average Bonchev–Trinajstić information content (AvgIpc) is 2.87. The Morgan fingerprint density at radius 3 is 1.52 bits per heavy atom. The maximum Gasteiger partial charge on any atom is 1.00 e. The average molecular weight is 563 g/mol. The summed E-state index contributed by atoms with van der Waals surface area (Å²) in [5, 5.41) is 0.799. The van der Waals surface area contributed by atoms with Gasteiger partial charge in [0.25, 0.3) is 0 Å². The molecule has 2 rings (SSSR count). The van der Waals surface area contributed by atoms with E-state index >= 15 is 0 Å². The zero-order chi connectivity index (χ0) is 28.8. The summed E-state index contributed by atoms with van der Waals surface area (Å²) in [6.07, 6.45) is 9.72. The van der Waals surface area contributed by atoms with Crippen LogP contribution in [0.5, 0.6) is 17.2 Å². The van der Waals surface area contributed by atoms with E-state index < -0.39 is 0 Å². The van der Waals surface area contributed by atoms with Crippen LogP contribution in [0.15, 0.2) is 24.3 Å². The fourth-order valence-electron chi connectivity index (χ4n) is 4.47. The van der Waals surface area contributed by atoms with Gasteiger partial charge >= 0.3 is 18.9 Å². The number of carbonyl (C=O) groups is 1. The van der Waals surface area contributed by atoms with Gasteiger partial charge in [0.15, 0.2) is 0 Å². The molecule has 0 aromatic heterocycles. The van der Waals surface area contributed by atoms with Gasteiger partial charge in [-0.1, -0.05) is 92.2 Å². The van der Waals surface area contributed by atoms with Crippen molar-refractivity contribution in [2.45, 2.75) is 119 Å². The van der Waals surface area contributed by atoms with E-state index in [0.717, 1.165) is 85.5 Å². The van der Waals surface area contributed by atoms with Crippen LogP contribution in [0.25, 0.3) is 0 Å². The van der Waals surface area contributed by atoms with Crippen LogP contribution < -0.4 is 38.4 Å². The third-order valence-electron chi connectivity index (χ3n) is 6.87. The molecule has 0 unspecified atom stereocenters. The van der Waals surface area contributed by atoms with Crippen LogP contribution in [0.1, 0.15) is 126 Å². The van der Waals surface area contributed by atoms with Gasteiger partial charge in [-0.05, 0) is 60.8 Å². The molecule has 0 aliphatic heterocycles. The van der Waals surface area contributed by atoms with Crippen molar-refractivity contribution in [3.8, 4) is 17.2 Å². The van der Waals surface area contributed by atoms with E-state index in [4.69, 9.17) is 14.2 Å². The molecule has 0 saturated carbocycles. The second-order valence-corrected chi connectivity index (χ2v) is 12.7. The van der Waals surface area contributed by atoms with E-state index in [0.29, 0.717) is 39.9 Å². The molecule has 0 radical (unpaired) electrons. The number of ether oxygens (including phenoxy) is 3. The summed E-state index contributed by atoms with van der Waals surface area (Å²) in [7, 11) is 0.562. The SMILES string of the molecule is CCCCCOc1cc(OCCCCC)c([P-]C(=O)c2c(C)cc(C(C)(C)C)cc2C)c(OCCCCC)c1.[Li+]. The molecule has 218 valence electrons. The van der Waals surface area contributed by atoms with Crippen LogP contribution in [-0.2, 0) is 5.41 Å². The van der Waals surface area contributed by atoms with E-state index in [1.54, 1.807) is 0 Å². The van der Waals surface area contributed by atoms with Gasteiger partial charge in [0.2, 0.25) is 0 Å². The maximum atomic E-state index is 13.8. The minimum Gasteiger partial charge on any atom is -0.496 e. The molecule has 40 heavy (non-hydrogen) atoms. The van der Waals surface area contributed by atoms with Gasteiger partial charge in [-0.2, -0.15) is 0 Å². The van der Waals surface area contributed by atoms with Crippen molar-refractivity contribution in [1.82, 2.24) is 0 Å². The Kier molecular flexibility index (Phi) is 17.2. The van der Waals surface area contributed by atoms with Gasteiger partial charge in [-0.25, -0.2) is 0 Å². The summed E-state index contributed by atoms with van der Waals surface area (Å²) >= 11 is 0. The summed E-state index contributed by atoms with van der Waals surface area (Å²) in [4.78, 5) is 13.8. The predicted octanol–water partition coefficient (Wildman–Crippen LogP) is 6.72. The Hall–Kier alpha value is -1.46. The summed E-state index contributed by atoms with van der Waals surface area (Å²) in [6.45, 7) is 19.1. The number of rotatable bonds is 18. The Labute approximate surface area is 258 Å². The van der Waals surface area contributed by atoms with E-state index in [1.807, 2.05) is 26.0 Å². The normalized spacial score (nSPS) is 11.5. The molecule has 0 spiro atoms. The predicted molar refractivity (Wildman–Crippen MR) is 167 cm³/mol. The molecule has 0 atom stereocenters. The van der Waals surface area contributed by atoms with Crippen LogP contribution >= 0.6 is 8.58 Å². The fourth-order valence-corrected chi connectivity index (χ4v) is 5.62. The van der Waals surface area contributed by atoms with Crippen molar-refractivity contribution in [3.05, 3.63) is 46.5 Å². The van der Waals surface area contributed by atoms with Gasteiger partial charge in [-0.15, -0.1) is 5.30 Å². The number of hydrogen-bond donors (Lipinski definition) is 0. The zero-order valence-corrected chi connectivity index (χ0v) is 27.8. The quantitative estimate of drug-likeness (QED) is 0.115. The monoisotopic (exact) mass is 562 g/mol. The maximum absolute atomic E-state index is 13.8. The minimum atomic E-state index is 0. The molecule has 2 aromatic rings. The first-order valence-electron chi connectivity index (χ1n) is 15.1. The largest absolute Gasteiger partial charge is 1.00 e. The van der Waals surface area contributed by atoms with E-state index in [2.05, 4.69) is 53.7 Å². The molecule has 0 N–H and O–H groups in total. The molecule has 6 heteroatoms. The molecule has 0 aliphatic carbocycles. The smallest absolute Gasteiger partial charge is 0.496 e. The molecule has 0 bridgehead atoms. The number of hydrogen-bond acceptors (Lipinski definition) is 4. The van der Waals surface area contributed by atoms with E-state index in [9.17, 15) is 4.79 Å². The zero-order valence-electron chi connectivity index (χ0n) is 26.9. The molecule has 0 aliphatic rings. The summed E-state index contributed by atoms with van der Waals surface area (Å²) in [5.74, 6) is 2.14. The number of aryl methyl sites for hydroxylation is 2. The van der Waals surface area contributed by atoms with Crippen LogP contribution in [0, 0.1) is 13.8 Å². The summed E-state index contributed by atoms with van der Waals surface area (Å²) in [5.41, 5.74) is 4.17. The van der Waals surface area contributed by atoms with Crippen LogP contribution in [0.3, 0.4) is 0 Å². The third kappa shape index (κ3) is 11.8. The van der Waals surface area contributed by atoms with Crippen LogP contribution in [-0.4, -0.2) is 25.3 Å². The molecule has 0 fully saturated rings. The molecule has 0 heterocycles. The number of unbranched alkanes of at least 4 members (excludes halogenated alkanes) is 6. The van der Waals surface area contributed by atoms with E-state index in [-0.39, 0.29) is 29.8 Å². The first-order chi connectivity index (χ1) is 18.6. The Balaban J connectivity index is 0.00000800. The van der Waals surface area contributed by atoms with Gasteiger partial charge in [0.05, 0.1) is 31.3 Å². The molecule has 0 saturated heterocycles. The molecule has 4 nitrogen and oxygen atoms in total. The second kappa shape index (κ2) is 18.9. The molecule has 2 aromatic carbocycles. The number of carbonyl (C=O) groups excluding carboxylic acids is 1. The van der Waals surface area contributed by atoms with Gasteiger partial charge in [-0.3, -0.25) is 0 Å². The topological polar surface area (TPSA) is 44.8 Å². The van der Waals surface area contributed by atoms with Gasteiger partial charge in [0.1, 0.15) is 5.75 Å². The van der Waals surface area contributed by atoms with Crippen LogP contribution in [0.2, 0.25) is 0 Å². The molecular weight excluding hydrogens is 510 g/mol. The van der Waals surface area contributed by atoms with Crippen molar-refractivity contribution in [1.29, 1.82) is 0 Å². The first-order valence-corrected chi connectivity index (χ1v) is 16.0. The summed E-state index contributed by atoms with van der Waals surface area (Å²) in [6, 6.07) is 8.23. The van der Waals surface area contributed by atoms with Crippen LogP contribution in [0.4, 0.5) is 0 Å². The number of benzene rings is 2. The van der Waals surface area contributed by atoms with Gasteiger partial charge in [0, 0.05) is 17.7 Å². The van der Waals surface area contributed by atoms with Crippen molar-refractivity contribution in [3.63, 3.8) is 0 Å². The van der Waals surface area contributed by atoms with E-state index in [1.165, 1.54) is 5.56 Å². The Morgan fingerprint density at radius 2 is 1.12 bits per heavy atom. The standard InChI is InChI=1S/C34H52O4P.Li/c1-9-12-15-18-36-28-23-29(37-19-16-13-10-2)32(30(24-28)38-20-17-14-11-3)39-33(35)31-25(4)21-27(22-26(31)5)34(6,7)8;/h21-24H,9-20H2,1-8H3;/q-1;+1. The van der Waals surface area contributed by atoms with Crippen molar-refractivity contribution >= 4 is 19.4 Å². The second-order valence-electron chi connectivity index (χ2n) is 11.6. The van der Waals surface area contributed by atoms with Crippen molar-refractivity contribution < 1.29 is 37.9 Å². The minimum absolute atomic E-state index is 0. The summed E-state index contributed by atoms with van der Waals surface area (Å²) < 4.78 is 18.8. The molecular formula is C34H52LiO4P. The Bertz CT molecular complexity index is 989. The first kappa shape index (κ1) is 36.6. The fraction of sp³-hybridized carbons (Fsp3) is 0.618. The third-order valence-corrected chi connectivity index (χ3v) is 7.96. The molecule has 0 amide bonds. The van der Waals surface area contributed by atoms with Gasteiger partial charge < -0.3 is 27.6 Å². The Morgan fingerprint density at radius 1 is 0.700 bits per heavy atom.